The zero-order valence-corrected chi connectivity index (χ0v) is 8.77. The van der Waals surface area contributed by atoms with Crippen LogP contribution in [0, 0.1) is 0 Å². The van der Waals surface area contributed by atoms with Gasteiger partial charge in [0, 0.05) is 10.6 Å². The summed E-state index contributed by atoms with van der Waals surface area (Å²) in [5.41, 5.74) is 6.86. The Hall–Kier alpha value is -0.670. The van der Waals surface area contributed by atoms with Crippen molar-refractivity contribution >= 4 is 35.7 Å². The van der Waals surface area contributed by atoms with Crippen LogP contribution in [0.5, 0.6) is 0 Å². The monoisotopic (exact) mass is 215 g/mol. The molecule has 1 aromatic rings. The quantitative estimate of drug-likeness (QED) is 0.452. The van der Waals surface area contributed by atoms with Crippen molar-refractivity contribution in [2.45, 2.75) is 17.2 Å². The maximum atomic E-state index is 10.9. The summed E-state index contributed by atoms with van der Waals surface area (Å²) in [6.45, 7) is 1.45. The first-order valence-electron chi connectivity index (χ1n) is 3.75. The number of carbonyl (C=O) groups excluding carboxylic acids is 1. The Bertz CT molecular complexity index is 340. The molecule has 4 heteroatoms. The molecule has 0 spiro atoms. The highest BCUT2D eigenvalue weighted by Gasteiger charge is 2.13. The van der Waals surface area contributed by atoms with Crippen LogP contribution in [-0.4, -0.2) is 5.78 Å². The van der Waals surface area contributed by atoms with Gasteiger partial charge in [-0.3, -0.25) is 4.79 Å². The summed E-state index contributed by atoms with van der Waals surface area (Å²) in [5.74, 6) is -0.0898. The minimum Gasteiger partial charge on any atom is -0.398 e. The SMILES string of the molecule is CC(=O)C(Cl)c1ccc(S)c(N)c1. The summed E-state index contributed by atoms with van der Waals surface area (Å²) >= 11 is 9.95. The van der Waals surface area contributed by atoms with Crippen molar-refractivity contribution < 1.29 is 4.79 Å². The zero-order valence-electron chi connectivity index (χ0n) is 7.12. The molecule has 1 unspecified atom stereocenters. The van der Waals surface area contributed by atoms with Gasteiger partial charge in [0.2, 0.25) is 0 Å². The van der Waals surface area contributed by atoms with E-state index in [-0.39, 0.29) is 5.78 Å². The molecule has 70 valence electrons. The number of rotatable bonds is 2. The van der Waals surface area contributed by atoms with E-state index in [9.17, 15) is 4.79 Å². The second-order valence-corrected chi connectivity index (χ2v) is 3.71. The topological polar surface area (TPSA) is 43.1 Å². The zero-order chi connectivity index (χ0) is 10.0. The molecular weight excluding hydrogens is 206 g/mol. The van der Waals surface area contributed by atoms with Crippen molar-refractivity contribution in [1.82, 2.24) is 0 Å². The molecule has 0 fully saturated rings. The molecule has 0 saturated carbocycles. The Morgan fingerprint density at radius 1 is 1.62 bits per heavy atom. The van der Waals surface area contributed by atoms with Gasteiger partial charge in [0.15, 0.2) is 5.78 Å². The molecule has 2 nitrogen and oxygen atoms in total. The standard InChI is InChI=1S/C9H10ClNOS/c1-5(12)9(10)6-2-3-8(13)7(11)4-6/h2-4,9,13H,11H2,1H3. The highest BCUT2D eigenvalue weighted by Crippen LogP contribution is 2.26. The molecule has 0 amide bonds. The number of halogens is 1. The number of Topliss-reactive ketones (excluding diaryl/α,β-unsaturated/α-hetero) is 1. The lowest BCUT2D eigenvalue weighted by Gasteiger charge is -2.07. The molecular formula is C9H10ClNOS. The molecule has 0 bridgehead atoms. The summed E-state index contributed by atoms with van der Waals surface area (Å²) in [5, 5.41) is -0.615. The van der Waals surface area contributed by atoms with Crippen molar-refractivity contribution in [2.24, 2.45) is 0 Å². The number of nitrogens with two attached hydrogens (primary N) is 1. The Morgan fingerprint density at radius 2 is 2.23 bits per heavy atom. The number of hydrogen-bond donors (Lipinski definition) is 2. The van der Waals surface area contributed by atoms with Crippen LogP contribution < -0.4 is 5.73 Å². The summed E-state index contributed by atoms with van der Waals surface area (Å²) in [4.78, 5) is 11.6. The fraction of sp³-hybridized carbons (Fsp3) is 0.222. The van der Waals surface area contributed by atoms with Crippen molar-refractivity contribution in [3.05, 3.63) is 23.8 Å². The van der Waals surface area contributed by atoms with E-state index in [0.29, 0.717) is 16.1 Å². The van der Waals surface area contributed by atoms with Crippen LogP contribution in [0.2, 0.25) is 0 Å². The molecule has 0 aliphatic rings. The number of thiol groups is 1. The number of anilines is 1. The lowest BCUT2D eigenvalue weighted by molar-refractivity contribution is -0.116. The minimum atomic E-state index is -0.615. The molecule has 1 rings (SSSR count). The summed E-state index contributed by atoms with van der Waals surface area (Å²) in [7, 11) is 0. The average Bonchev–Trinajstić information content (AvgIpc) is 2.08. The molecule has 1 atom stereocenters. The van der Waals surface area contributed by atoms with E-state index in [4.69, 9.17) is 17.3 Å². The highest BCUT2D eigenvalue weighted by molar-refractivity contribution is 7.80. The van der Waals surface area contributed by atoms with Gasteiger partial charge in [-0.1, -0.05) is 6.07 Å². The lowest BCUT2D eigenvalue weighted by Crippen LogP contribution is -2.02. The van der Waals surface area contributed by atoms with Crippen LogP contribution in [-0.2, 0) is 4.79 Å². The predicted molar refractivity (Wildman–Crippen MR) is 57.4 cm³/mol. The lowest BCUT2D eigenvalue weighted by atomic mass is 10.1. The molecule has 1 aromatic carbocycles. The highest BCUT2D eigenvalue weighted by atomic mass is 35.5. The van der Waals surface area contributed by atoms with Crippen LogP contribution in [0.4, 0.5) is 5.69 Å². The van der Waals surface area contributed by atoms with Gasteiger partial charge in [-0.05, 0) is 24.6 Å². The molecule has 0 heterocycles. The Labute approximate surface area is 87.5 Å². The number of hydrogen-bond acceptors (Lipinski definition) is 3. The van der Waals surface area contributed by atoms with Gasteiger partial charge in [-0.2, -0.15) is 0 Å². The van der Waals surface area contributed by atoms with E-state index in [1.165, 1.54) is 6.92 Å². The van der Waals surface area contributed by atoms with E-state index in [1.807, 2.05) is 0 Å². The van der Waals surface area contributed by atoms with Gasteiger partial charge in [0.1, 0.15) is 5.38 Å². The maximum absolute atomic E-state index is 10.9. The number of alkyl halides is 1. The number of carbonyl (C=O) groups is 1. The largest absolute Gasteiger partial charge is 0.398 e. The third-order valence-corrected chi connectivity index (χ3v) is 2.67. The van der Waals surface area contributed by atoms with Crippen LogP contribution in [0.3, 0.4) is 0 Å². The van der Waals surface area contributed by atoms with Gasteiger partial charge in [-0.15, -0.1) is 24.2 Å². The fourth-order valence-electron chi connectivity index (χ4n) is 0.965. The minimum absolute atomic E-state index is 0.0898. The summed E-state index contributed by atoms with van der Waals surface area (Å²) in [6, 6.07) is 5.14. The van der Waals surface area contributed by atoms with Crippen LogP contribution in [0.25, 0.3) is 0 Å². The maximum Gasteiger partial charge on any atom is 0.152 e. The normalized spacial score (nSPS) is 12.5. The third-order valence-electron chi connectivity index (χ3n) is 1.70. The molecule has 0 saturated heterocycles. The van der Waals surface area contributed by atoms with Crippen LogP contribution in [0.15, 0.2) is 23.1 Å². The van der Waals surface area contributed by atoms with Crippen molar-refractivity contribution in [3.8, 4) is 0 Å². The number of nitrogen functional groups attached to an aromatic ring is 1. The second-order valence-electron chi connectivity index (χ2n) is 2.79. The van der Waals surface area contributed by atoms with E-state index >= 15 is 0 Å². The Morgan fingerprint density at radius 3 is 2.69 bits per heavy atom. The van der Waals surface area contributed by atoms with Crippen LogP contribution in [0.1, 0.15) is 17.9 Å². The first-order chi connectivity index (χ1) is 6.02. The third kappa shape index (κ3) is 2.39. The Kier molecular flexibility index (Phi) is 3.22. The van der Waals surface area contributed by atoms with Crippen LogP contribution >= 0.6 is 24.2 Å². The Balaban J connectivity index is 3.03. The van der Waals surface area contributed by atoms with Gasteiger partial charge in [-0.25, -0.2) is 0 Å². The predicted octanol–water partition coefficient (Wildman–Crippen LogP) is 2.43. The first-order valence-corrected chi connectivity index (χ1v) is 4.63. The van der Waals surface area contributed by atoms with Crippen molar-refractivity contribution in [3.63, 3.8) is 0 Å². The van der Waals surface area contributed by atoms with Gasteiger partial charge < -0.3 is 5.73 Å². The average molecular weight is 216 g/mol. The smallest absolute Gasteiger partial charge is 0.152 e. The van der Waals surface area contributed by atoms with Crippen molar-refractivity contribution in [2.75, 3.05) is 5.73 Å². The van der Waals surface area contributed by atoms with Crippen molar-refractivity contribution in [1.29, 1.82) is 0 Å². The summed E-state index contributed by atoms with van der Waals surface area (Å²) < 4.78 is 0. The molecule has 0 aromatic heterocycles. The van der Waals surface area contributed by atoms with Gasteiger partial charge in [0.25, 0.3) is 0 Å². The van der Waals surface area contributed by atoms with Gasteiger partial charge in [0.05, 0.1) is 0 Å². The fourth-order valence-corrected chi connectivity index (χ4v) is 1.24. The molecule has 2 N–H and O–H groups in total. The molecule has 0 radical (unpaired) electrons. The first kappa shape index (κ1) is 10.4. The molecule has 13 heavy (non-hydrogen) atoms. The molecule has 0 aliphatic heterocycles. The van der Waals surface area contributed by atoms with Gasteiger partial charge >= 0.3 is 0 Å². The van der Waals surface area contributed by atoms with E-state index in [2.05, 4.69) is 12.6 Å². The summed E-state index contributed by atoms with van der Waals surface area (Å²) in [6.07, 6.45) is 0. The van der Waals surface area contributed by atoms with E-state index < -0.39 is 5.38 Å². The number of ketones is 1. The number of benzene rings is 1. The van der Waals surface area contributed by atoms with E-state index in [1.54, 1.807) is 18.2 Å². The second kappa shape index (κ2) is 4.03. The molecule has 0 aliphatic carbocycles. The van der Waals surface area contributed by atoms with E-state index in [0.717, 1.165) is 0 Å².